The zero-order chi connectivity index (χ0) is 76.5. The van der Waals surface area contributed by atoms with E-state index in [1.807, 2.05) is 156 Å². The lowest BCUT2D eigenvalue weighted by molar-refractivity contribution is 0.0986. The van der Waals surface area contributed by atoms with Crippen LogP contribution < -0.4 is 33.6 Å². The van der Waals surface area contributed by atoms with Gasteiger partial charge in [-0.1, -0.05) is 0 Å². The average Bonchev–Trinajstić information content (AvgIpc) is 1.61. The molecule has 4 amide bonds. The zero-order valence-electron chi connectivity index (χ0n) is 60.6. The summed E-state index contributed by atoms with van der Waals surface area (Å²) in [5.74, 6) is 0.514. The smallest absolute Gasteiger partial charge is 0.306 e. The number of oxazole rings is 2. The molecule has 0 spiro atoms. The van der Waals surface area contributed by atoms with Crippen LogP contribution in [-0.2, 0) is 13.1 Å². The molecule has 560 valence electrons. The van der Waals surface area contributed by atoms with Gasteiger partial charge in [-0.15, -0.1) is 0 Å². The van der Waals surface area contributed by atoms with Gasteiger partial charge in [-0.05, 0) is 126 Å². The standard InChI is InChI=1S/C19H18N8O.C19H20N8O.C19H15N7O2.C19H17N7O2/c20-18(28)14-9-22-15-4-1-11(10-26(14)15)17-16(23-19-21-6-8-25(17)19)13-5-7-27(24-13)12-2-3-12;1-11(2)27-7-5-13(24-27)16-17(25-8-6-21-19(25)23-16)12-3-4-15-22-9-14(18(20)28)26(15)10-12;20-18(27)14-9-21-15-4-1-11(10-25(14)15)17-16(22-19-24(17)7-8-28-19)13-5-6-26(23-13)12-2-3-12;1-11(2)26-6-5-13(23-26)16-17(24-7-8-28-19(24)22-16)12-3-4-15-21-9-14(18(20)27)25(15)10-12/h1,4-5,7,9-10,12H,2-3,6,8H2,(H2,20,28)(H,21,23);3-5,7,9-11H,6,8H2,1-2H3,(H2,20,28)(H,21,23);1,4-10,12H,2-3H2,(H2,20,27);3-11H,1-2H3,(H2,20,27). The Morgan fingerprint density at radius 3 is 1.04 bits per heavy atom. The van der Waals surface area contributed by atoms with E-state index in [0.29, 0.717) is 74.8 Å². The van der Waals surface area contributed by atoms with E-state index in [-0.39, 0.29) is 12.1 Å². The number of hydrogen-bond donors (Lipinski definition) is 6. The summed E-state index contributed by atoms with van der Waals surface area (Å²) < 4.78 is 33.7. The van der Waals surface area contributed by atoms with Crippen molar-refractivity contribution in [3.63, 3.8) is 0 Å². The highest BCUT2D eigenvalue weighted by Gasteiger charge is 2.32. The van der Waals surface area contributed by atoms with E-state index >= 15 is 0 Å². The molecular formula is C76H70N30O6. The van der Waals surface area contributed by atoms with E-state index in [1.54, 1.807) is 36.3 Å². The molecule has 10 N–H and O–H groups in total. The quantitative estimate of drug-likeness (QED) is 0.0524. The second-order valence-electron chi connectivity index (χ2n) is 28.1. The third kappa shape index (κ3) is 11.8. The average molecular weight is 1500 g/mol. The molecule has 0 unspecified atom stereocenters. The van der Waals surface area contributed by atoms with Crippen LogP contribution in [0.15, 0.2) is 181 Å². The van der Waals surface area contributed by atoms with Gasteiger partial charge in [0.25, 0.3) is 23.6 Å². The molecule has 22 rings (SSSR count). The molecule has 4 aliphatic rings. The summed E-state index contributed by atoms with van der Waals surface area (Å²) in [5.41, 5.74) is 39.3. The molecular weight excluding hydrogens is 1430 g/mol. The number of amides is 4. The van der Waals surface area contributed by atoms with Crippen LogP contribution in [0.3, 0.4) is 0 Å². The van der Waals surface area contributed by atoms with Crippen molar-refractivity contribution in [1.29, 1.82) is 0 Å². The Balaban J connectivity index is 0.000000101. The number of carbonyl (C=O) groups excluding carboxylic acids is 4. The zero-order valence-corrected chi connectivity index (χ0v) is 60.6. The number of pyridine rings is 4. The lowest BCUT2D eigenvalue weighted by Crippen LogP contribution is -2.13. The van der Waals surface area contributed by atoms with Gasteiger partial charge in [-0.25, -0.2) is 29.9 Å². The van der Waals surface area contributed by atoms with Gasteiger partial charge in [0, 0.05) is 122 Å². The van der Waals surface area contributed by atoms with Crippen molar-refractivity contribution in [3.8, 4) is 90.6 Å². The van der Waals surface area contributed by atoms with Gasteiger partial charge in [0.05, 0.1) is 59.6 Å². The number of carbonyl (C=O) groups is 4. The largest absolute Gasteiger partial charge is 0.432 e. The normalized spacial score (nSPS) is 13.8. The molecule has 0 bridgehead atoms. The number of nitrogens with zero attached hydrogens (tertiary/aromatic N) is 24. The highest BCUT2D eigenvalue weighted by molar-refractivity contribution is 5.95. The maximum Gasteiger partial charge on any atom is 0.306 e. The molecule has 0 atom stereocenters. The first-order chi connectivity index (χ1) is 54.4. The third-order valence-corrected chi connectivity index (χ3v) is 20.1. The van der Waals surface area contributed by atoms with Crippen LogP contribution in [0, 0.1) is 0 Å². The molecule has 36 nitrogen and oxygen atoms in total. The van der Waals surface area contributed by atoms with E-state index in [2.05, 4.69) is 82.5 Å². The summed E-state index contributed by atoms with van der Waals surface area (Å²) in [5, 5.41) is 25.5. The minimum atomic E-state index is -0.540. The Labute approximate surface area is 632 Å². The van der Waals surface area contributed by atoms with Crippen LogP contribution in [0.1, 0.15) is 119 Å². The molecule has 2 aliphatic heterocycles. The number of hydrogen-bond acceptors (Lipinski definition) is 20. The van der Waals surface area contributed by atoms with E-state index in [0.717, 1.165) is 136 Å². The fraction of sp³-hybridized carbons (Fsp3) is 0.211. The molecule has 0 aromatic carbocycles. The van der Waals surface area contributed by atoms with Crippen molar-refractivity contribution in [2.75, 3.05) is 23.7 Å². The second kappa shape index (κ2) is 26.4. The monoisotopic (exact) mass is 1500 g/mol. The molecule has 18 aromatic rings. The van der Waals surface area contributed by atoms with Gasteiger partial charge in [0.2, 0.25) is 11.9 Å². The lowest BCUT2D eigenvalue weighted by Gasteiger charge is -2.08. The van der Waals surface area contributed by atoms with Crippen molar-refractivity contribution in [3.05, 3.63) is 195 Å². The molecule has 2 aliphatic carbocycles. The van der Waals surface area contributed by atoms with E-state index in [1.165, 1.54) is 37.6 Å². The summed E-state index contributed by atoms with van der Waals surface area (Å²) >= 11 is 0. The van der Waals surface area contributed by atoms with Crippen molar-refractivity contribution in [2.24, 2.45) is 22.9 Å². The van der Waals surface area contributed by atoms with Gasteiger partial charge in [-0.2, -0.15) is 30.4 Å². The number of anilines is 2. The van der Waals surface area contributed by atoms with Crippen LogP contribution in [0.25, 0.3) is 125 Å². The SMILES string of the molecule is CC(C)n1ccc(-c2nc3n(c2-c2ccc4ncc(C(N)=O)n4c2)CCN3)n1.CC(C)n1ccc(-c2nc3occn3c2-c2ccc3ncc(C(N)=O)n3c2)n1.NC(=O)c1cnc2ccc(-c3c(-c4ccn(C5CC5)n4)nc4n3CCN4)cn12.NC(=O)c1cnc2ccc(-c3c(-c4ccn(C5CC5)n4)nc4occn34)cn12. The molecule has 0 radical (unpaired) electrons. The number of aromatic nitrogens is 24. The van der Waals surface area contributed by atoms with Crippen LogP contribution in [-0.4, -0.2) is 151 Å². The molecule has 20 heterocycles. The maximum atomic E-state index is 11.7. The summed E-state index contributed by atoms with van der Waals surface area (Å²) in [7, 11) is 0. The van der Waals surface area contributed by atoms with Crippen LogP contribution >= 0.6 is 0 Å². The van der Waals surface area contributed by atoms with Gasteiger partial charge >= 0.3 is 11.7 Å². The number of nitrogens with one attached hydrogen (secondary N) is 2. The van der Waals surface area contributed by atoms with Crippen LogP contribution in [0.4, 0.5) is 11.9 Å². The van der Waals surface area contributed by atoms with Gasteiger partial charge in [-0.3, -0.25) is 64.3 Å². The van der Waals surface area contributed by atoms with Crippen LogP contribution in [0.5, 0.6) is 0 Å². The third-order valence-electron chi connectivity index (χ3n) is 20.1. The minimum absolute atomic E-state index is 0.239. The fourth-order valence-corrected chi connectivity index (χ4v) is 14.3. The van der Waals surface area contributed by atoms with Gasteiger partial charge < -0.3 is 51.5 Å². The first kappa shape index (κ1) is 67.6. The topological polar surface area (TPSA) is 433 Å². The number of rotatable bonds is 16. The van der Waals surface area contributed by atoms with Crippen molar-refractivity contribution < 1.29 is 28.0 Å². The highest BCUT2D eigenvalue weighted by atomic mass is 16.3. The summed E-state index contributed by atoms with van der Waals surface area (Å²) in [4.78, 5) is 82.8. The Bertz CT molecular complexity index is 6380. The Hall–Kier alpha value is -15.0. The van der Waals surface area contributed by atoms with Gasteiger partial charge in [0.15, 0.2) is 0 Å². The lowest BCUT2D eigenvalue weighted by atomic mass is 10.1. The van der Waals surface area contributed by atoms with Crippen molar-refractivity contribution >= 4 is 69.8 Å². The predicted octanol–water partition coefficient (Wildman–Crippen LogP) is 9.41. The summed E-state index contributed by atoms with van der Waals surface area (Å²) in [6.45, 7) is 11.6. The fourth-order valence-electron chi connectivity index (χ4n) is 14.3. The van der Waals surface area contributed by atoms with Gasteiger partial charge in [0.1, 0.15) is 103 Å². The first-order valence-electron chi connectivity index (χ1n) is 36.3. The Morgan fingerprint density at radius 2 is 0.714 bits per heavy atom. The second-order valence-corrected chi connectivity index (χ2v) is 28.1. The molecule has 18 aromatic heterocycles. The van der Waals surface area contributed by atoms with Crippen molar-refractivity contribution in [2.45, 2.75) is 90.6 Å². The molecule has 36 heteroatoms. The number of primary amides is 4. The summed E-state index contributed by atoms with van der Waals surface area (Å²) in [6.07, 6.45) is 32.7. The molecule has 0 saturated heterocycles. The van der Waals surface area contributed by atoms with Crippen LogP contribution in [0.2, 0.25) is 0 Å². The molecule has 2 saturated carbocycles. The van der Waals surface area contributed by atoms with Crippen molar-refractivity contribution in [1.82, 2.24) is 115 Å². The Morgan fingerprint density at radius 1 is 0.393 bits per heavy atom. The first-order valence-corrected chi connectivity index (χ1v) is 36.3. The van der Waals surface area contributed by atoms with E-state index < -0.39 is 23.6 Å². The molecule has 112 heavy (non-hydrogen) atoms. The molecule has 2 fully saturated rings. The number of fused-ring (bicyclic) bond motifs is 8. The Kier molecular flexibility index (Phi) is 16.0. The highest BCUT2D eigenvalue weighted by Crippen LogP contribution is 2.42. The maximum absolute atomic E-state index is 11.7. The summed E-state index contributed by atoms with van der Waals surface area (Å²) in [6, 6.07) is 24.7. The van der Waals surface area contributed by atoms with E-state index in [9.17, 15) is 19.2 Å². The van der Waals surface area contributed by atoms with E-state index in [4.69, 9.17) is 57.0 Å². The predicted molar refractivity (Wildman–Crippen MR) is 409 cm³/mol. The number of nitrogens with two attached hydrogens (primary N) is 4. The minimum Gasteiger partial charge on any atom is -0.432 e. The number of imidazole rings is 8.